The lowest BCUT2D eigenvalue weighted by Crippen LogP contribution is -2.39. The van der Waals surface area contributed by atoms with Gasteiger partial charge in [0.1, 0.15) is 0 Å². The maximum atomic E-state index is 12.3. The first-order valence-electron chi connectivity index (χ1n) is 6.78. The van der Waals surface area contributed by atoms with Gasteiger partial charge < -0.3 is 10.0 Å². The summed E-state index contributed by atoms with van der Waals surface area (Å²) in [6.45, 7) is 4.82. The summed E-state index contributed by atoms with van der Waals surface area (Å²) in [4.78, 5) is 14.1. The molecule has 0 aromatic heterocycles. The van der Waals surface area contributed by atoms with Crippen molar-refractivity contribution >= 4 is 11.5 Å². The van der Waals surface area contributed by atoms with Crippen LogP contribution >= 0.6 is 0 Å². The number of amides is 1. The van der Waals surface area contributed by atoms with Crippen LogP contribution < -0.4 is 0 Å². The molecule has 0 radical (unpaired) electrons. The van der Waals surface area contributed by atoms with E-state index in [4.69, 9.17) is 0 Å². The highest BCUT2D eigenvalue weighted by molar-refractivity contribution is 5.95. The Hall–Kier alpha value is -1.61. The molecule has 1 aromatic rings. The van der Waals surface area contributed by atoms with Crippen LogP contribution in [0.1, 0.15) is 25.8 Å². The number of aliphatic hydroxyl groups excluding tert-OH is 1. The zero-order chi connectivity index (χ0) is 13.8. The number of aliphatic hydroxyl groups is 1. The van der Waals surface area contributed by atoms with E-state index in [0.717, 1.165) is 24.1 Å². The molecule has 0 spiro atoms. The summed E-state index contributed by atoms with van der Waals surface area (Å²) in [5.41, 5.74) is 2.02. The van der Waals surface area contributed by atoms with Gasteiger partial charge >= 0.3 is 0 Å². The normalized spacial score (nSPS) is 23.7. The highest BCUT2D eigenvalue weighted by Gasteiger charge is 2.32. The average molecular weight is 259 g/mol. The van der Waals surface area contributed by atoms with Gasteiger partial charge in [0.2, 0.25) is 5.91 Å². The molecule has 3 heteroatoms. The predicted octanol–water partition coefficient (Wildman–Crippen LogP) is 2.32. The second kappa shape index (κ2) is 6.02. The van der Waals surface area contributed by atoms with Crippen molar-refractivity contribution in [1.29, 1.82) is 0 Å². The third kappa shape index (κ3) is 3.04. The summed E-state index contributed by atoms with van der Waals surface area (Å²) in [6.07, 6.45) is 2.64. The minimum atomic E-state index is -0.0349. The van der Waals surface area contributed by atoms with Crippen LogP contribution in [0.2, 0.25) is 0 Å². The molecule has 1 saturated heterocycles. The molecule has 1 amide bonds. The van der Waals surface area contributed by atoms with Gasteiger partial charge in [-0.05, 0) is 30.4 Å². The number of nitrogens with zero attached hydrogens (tertiary/aromatic N) is 1. The lowest BCUT2D eigenvalue weighted by atomic mass is 10.0. The Labute approximate surface area is 114 Å². The third-order valence-corrected chi connectivity index (χ3v) is 3.92. The van der Waals surface area contributed by atoms with Crippen LogP contribution in [0, 0.1) is 5.92 Å². The molecule has 2 unspecified atom stereocenters. The number of hydrogen-bond acceptors (Lipinski definition) is 2. The number of carbonyl (C=O) groups is 1. The largest absolute Gasteiger partial charge is 0.394 e. The van der Waals surface area contributed by atoms with Crippen molar-refractivity contribution in [2.24, 2.45) is 5.92 Å². The second-order valence-corrected chi connectivity index (χ2v) is 5.24. The zero-order valence-corrected chi connectivity index (χ0v) is 11.5. The molecule has 102 valence electrons. The van der Waals surface area contributed by atoms with Crippen LogP contribution in [-0.2, 0) is 4.79 Å². The standard InChI is InChI=1S/C16H21NO2/c1-12-8-9-17(15(12)11-18)16(19)10-13(2)14-6-4-3-5-7-14/h3-7,10,12,15,18H,8-9,11H2,1-2H3. The van der Waals surface area contributed by atoms with E-state index in [2.05, 4.69) is 6.92 Å². The van der Waals surface area contributed by atoms with Gasteiger partial charge in [0.15, 0.2) is 0 Å². The van der Waals surface area contributed by atoms with Crippen LogP contribution in [0.3, 0.4) is 0 Å². The summed E-state index contributed by atoms with van der Waals surface area (Å²) >= 11 is 0. The Morgan fingerprint density at radius 2 is 2.11 bits per heavy atom. The third-order valence-electron chi connectivity index (χ3n) is 3.92. The fraction of sp³-hybridized carbons (Fsp3) is 0.438. The van der Waals surface area contributed by atoms with Crippen molar-refractivity contribution in [3.8, 4) is 0 Å². The smallest absolute Gasteiger partial charge is 0.247 e. The summed E-state index contributed by atoms with van der Waals surface area (Å²) in [5.74, 6) is 0.379. The Balaban J connectivity index is 2.13. The molecule has 0 saturated carbocycles. The molecule has 1 fully saturated rings. The maximum Gasteiger partial charge on any atom is 0.247 e. The van der Waals surface area contributed by atoms with Crippen LogP contribution in [0.25, 0.3) is 5.57 Å². The summed E-state index contributed by atoms with van der Waals surface area (Å²) in [6, 6.07) is 9.84. The van der Waals surface area contributed by atoms with E-state index >= 15 is 0 Å². The molecule has 3 nitrogen and oxygen atoms in total. The van der Waals surface area contributed by atoms with Crippen molar-refractivity contribution in [2.45, 2.75) is 26.3 Å². The Bertz CT molecular complexity index is 467. The molecule has 2 rings (SSSR count). The summed E-state index contributed by atoms with van der Waals surface area (Å²) < 4.78 is 0. The monoisotopic (exact) mass is 259 g/mol. The van der Waals surface area contributed by atoms with Crippen molar-refractivity contribution in [1.82, 2.24) is 4.90 Å². The summed E-state index contributed by atoms with van der Waals surface area (Å²) in [7, 11) is 0. The first kappa shape index (κ1) is 13.8. The van der Waals surface area contributed by atoms with E-state index in [1.54, 1.807) is 11.0 Å². The molecule has 1 aliphatic heterocycles. The van der Waals surface area contributed by atoms with Crippen LogP contribution in [0.5, 0.6) is 0 Å². The van der Waals surface area contributed by atoms with Gasteiger partial charge in [-0.15, -0.1) is 0 Å². The first-order chi connectivity index (χ1) is 9.13. The Morgan fingerprint density at radius 1 is 1.42 bits per heavy atom. The molecular weight excluding hydrogens is 238 g/mol. The van der Waals surface area contributed by atoms with E-state index in [0.29, 0.717) is 5.92 Å². The van der Waals surface area contributed by atoms with Gasteiger partial charge in [-0.3, -0.25) is 4.79 Å². The molecule has 1 N–H and O–H groups in total. The average Bonchev–Trinajstić information content (AvgIpc) is 2.80. The Kier molecular flexibility index (Phi) is 4.38. The minimum absolute atomic E-state index is 0.00440. The highest BCUT2D eigenvalue weighted by atomic mass is 16.3. The van der Waals surface area contributed by atoms with Gasteiger partial charge in [0.05, 0.1) is 12.6 Å². The van der Waals surface area contributed by atoms with Gasteiger partial charge in [0.25, 0.3) is 0 Å². The predicted molar refractivity (Wildman–Crippen MR) is 76.5 cm³/mol. The van der Waals surface area contributed by atoms with Gasteiger partial charge in [0, 0.05) is 12.6 Å². The SMILES string of the molecule is CC(=CC(=O)N1CCC(C)C1CO)c1ccccc1. The lowest BCUT2D eigenvalue weighted by Gasteiger charge is -2.24. The molecule has 0 aliphatic carbocycles. The van der Waals surface area contributed by atoms with Crippen molar-refractivity contribution < 1.29 is 9.90 Å². The molecule has 0 bridgehead atoms. The van der Waals surface area contributed by atoms with Crippen molar-refractivity contribution in [2.75, 3.05) is 13.2 Å². The van der Waals surface area contributed by atoms with Gasteiger partial charge in [-0.1, -0.05) is 37.3 Å². The number of rotatable bonds is 3. The number of likely N-dealkylation sites (tertiary alicyclic amines) is 1. The molecule has 19 heavy (non-hydrogen) atoms. The van der Waals surface area contributed by atoms with Crippen LogP contribution in [0.15, 0.2) is 36.4 Å². The van der Waals surface area contributed by atoms with Gasteiger partial charge in [-0.2, -0.15) is 0 Å². The van der Waals surface area contributed by atoms with Crippen molar-refractivity contribution in [3.63, 3.8) is 0 Å². The van der Waals surface area contributed by atoms with Crippen molar-refractivity contribution in [3.05, 3.63) is 42.0 Å². The fourth-order valence-electron chi connectivity index (χ4n) is 2.61. The molecule has 2 atom stereocenters. The fourth-order valence-corrected chi connectivity index (χ4v) is 2.61. The lowest BCUT2D eigenvalue weighted by molar-refractivity contribution is -0.127. The van der Waals surface area contributed by atoms with Crippen LogP contribution in [0.4, 0.5) is 0 Å². The summed E-state index contributed by atoms with van der Waals surface area (Å²) in [5, 5.41) is 9.39. The molecule has 1 heterocycles. The first-order valence-corrected chi connectivity index (χ1v) is 6.78. The number of hydrogen-bond donors (Lipinski definition) is 1. The number of benzene rings is 1. The number of carbonyl (C=O) groups excluding carboxylic acids is 1. The van der Waals surface area contributed by atoms with E-state index in [9.17, 15) is 9.90 Å². The maximum absolute atomic E-state index is 12.3. The second-order valence-electron chi connectivity index (χ2n) is 5.24. The molecule has 1 aliphatic rings. The zero-order valence-electron chi connectivity index (χ0n) is 11.5. The molecule has 1 aromatic carbocycles. The van der Waals surface area contributed by atoms with E-state index in [1.165, 1.54) is 0 Å². The topological polar surface area (TPSA) is 40.5 Å². The quantitative estimate of drug-likeness (QED) is 0.846. The van der Waals surface area contributed by atoms with E-state index in [1.807, 2.05) is 37.3 Å². The van der Waals surface area contributed by atoms with E-state index in [-0.39, 0.29) is 18.6 Å². The van der Waals surface area contributed by atoms with E-state index < -0.39 is 0 Å². The van der Waals surface area contributed by atoms with Crippen LogP contribution in [-0.4, -0.2) is 35.1 Å². The Morgan fingerprint density at radius 3 is 2.74 bits per heavy atom. The minimum Gasteiger partial charge on any atom is -0.394 e. The number of allylic oxidation sites excluding steroid dienone is 1. The highest BCUT2D eigenvalue weighted by Crippen LogP contribution is 2.24. The van der Waals surface area contributed by atoms with Gasteiger partial charge in [-0.25, -0.2) is 0 Å². The molecular formula is C16H21NO2.